The van der Waals surface area contributed by atoms with Gasteiger partial charge in [0, 0.05) is 39.0 Å². The van der Waals surface area contributed by atoms with Crippen molar-refractivity contribution >= 4 is 17.3 Å². The first kappa shape index (κ1) is 14.1. The summed E-state index contributed by atoms with van der Waals surface area (Å²) < 4.78 is 3.47. The molecule has 0 spiro atoms. The standard InChI is InChI=1S/C14H18ClN5O/c1-19-7-6-16-12(19)4-5-17-13-11(15)8-18-20(14(13)21)9-10-2-3-10/h6-8,10,17H,2-5,9H2,1H3. The molecule has 0 bridgehead atoms. The van der Waals surface area contributed by atoms with Gasteiger partial charge in [0.15, 0.2) is 0 Å². The lowest BCUT2D eigenvalue weighted by atomic mass is 10.3. The molecule has 0 unspecified atom stereocenters. The minimum absolute atomic E-state index is 0.144. The molecule has 6 nitrogen and oxygen atoms in total. The Hall–Kier alpha value is -1.82. The van der Waals surface area contributed by atoms with E-state index in [0.717, 1.165) is 12.2 Å². The molecule has 0 radical (unpaired) electrons. The maximum Gasteiger partial charge on any atom is 0.291 e. The van der Waals surface area contributed by atoms with Crippen molar-refractivity contribution in [2.24, 2.45) is 13.0 Å². The van der Waals surface area contributed by atoms with Crippen LogP contribution in [0.3, 0.4) is 0 Å². The normalized spacial score (nSPS) is 14.4. The van der Waals surface area contributed by atoms with Crippen LogP contribution in [0.4, 0.5) is 5.69 Å². The van der Waals surface area contributed by atoms with E-state index in [1.807, 2.05) is 17.8 Å². The van der Waals surface area contributed by atoms with E-state index in [1.54, 1.807) is 6.20 Å². The monoisotopic (exact) mass is 307 g/mol. The van der Waals surface area contributed by atoms with E-state index in [0.29, 0.717) is 29.7 Å². The lowest BCUT2D eigenvalue weighted by Gasteiger charge is -2.10. The highest BCUT2D eigenvalue weighted by Crippen LogP contribution is 2.30. The molecule has 0 aliphatic heterocycles. The van der Waals surface area contributed by atoms with Gasteiger partial charge in [0.2, 0.25) is 0 Å². The van der Waals surface area contributed by atoms with Crippen LogP contribution in [-0.2, 0) is 20.0 Å². The van der Waals surface area contributed by atoms with Crippen molar-refractivity contribution in [3.8, 4) is 0 Å². The minimum atomic E-state index is -0.144. The van der Waals surface area contributed by atoms with Gasteiger partial charge in [-0.2, -0.15) is 5.10 Å². The van der Waals surface area contributed by atoms with Crippen molar-refractivity contribution in [2.45, 2.75) is 25.8 Å². The largest absolute Gasteiger partial charge is 0.379 e. The summed E-state index contributed by atoms with van der Waals surface area (Å²) in [7, 11) is 1.95. The zero-order valence-electron chi connectivity index (χ0n) is 11.9. The average Bonchev–Trinajstić information content (AvgIpc) is 3.19. The summed E-state index contributed by atoms with van der Waals surface area (Å²) in [4.78, 5) is 16.6. The molecule has 21 heavy (non-hydrogen) atoms. The lowest BCUT2D eigenvalue weighted by Crippen LogP contribution is -2.27. The second-order valence-electron chi connectivity index (χ2n) is 5.43. The third-order valence-electron chi connectivity index (χ3n) is 3.70. The number of nitrogens with zero attached hydrogens (tertiary/aromatic N) is 4. The zero-order chi connectivity index (χ0) is 14.8. The number of aryl methyl sites for hydroxylation is 1. The smallest absolute Gasteiger partial charge is 0.291 e. The average molecular weight is 308 g/mol. The fraction of sp³-hybridized carbons (Fsp3) is 0.500. The molecule has 1 fully saturated rings. The Bertz CT molecular complexity index is 689. The van der Waals surface area contributed by atoms with Crippen LogP contribution in [-0.4, -0.2) is 25.9 Å². The molecule has 2 heterocycles. The molecule has 0 amide bonds. The molecule has 0 atom stereocenters. The van der Waals surface area contributed by atoms with Gasteiger partial charge >= 0.3 is 0 Å². The van der Waals surface area contributed by atoms with Crippen LogP contribution in [0.2, 0.25) is 5.02 Å². The van der Waals surface area contributed by atoms with E-state index in [1.165, 1.54) is 23.7 Å². The van der Waals surface area contributed by atoms with Crippen molar-refractivity contribution in [3.63, 3.8) is 0 Å². The van der Waals surface area contributed by atoms with Crippen LogP contribution in [0.25, 0.3) is 0 Å². The fourth-order valence-corrected chi connectivity index (χ4v) is 2.43. The maximum atomic E-state index is 12.3. The number of halogens is 1. The van der Waals surface area contributed by atoms with Crippen LogP contribution < -0.4 is 10.9 Å². The van der Waals surface area contributed by atoms with Crippen LogP contribution in [0.15, 0.2) is 23.4 Å². The Morgan fingerprint density at radius 3 is 2.95 bits per heavy atom. The Balaban J connectivity index is 1.69. The summed E-state index contributed by atoms with van der Waals surface area (Å²) in [5, 5.41) is 7.60. The summed E-state index contributed by atoms with van der Waals surface area (Å²) in [5.41, 5.74) is 0.288. The predicted octanol–water partition coefficient (Wildman–Crippen LogP) is 1.69. The predicted molar refractivity (Wildman–Crippen MR) is 81.6 cm³/mol. The van der Waals surface area contributed by atoms with Gasteiger partial charge in [-0.3, -0.25) is 4.79 Å². The highest BCUT2D eigenvalue weighted by Gasteiger charge is 2.23. The van der Waals surface area contributed by atoms with E-state index in [2.05, 4.69) is 15.4 Å². The summed E-state index contributed by atoms with van der Waals surface area (Å²) >= 11 is 6.09. The van der Waals surface area contributed by atoms with Crippen LogP contribution >= 0.6 is 11.6 Å². The Morgan fingerprint density at radius 2 is 2.29 bits per heavy atom. The zero-order valence-corrected chi connectivity index (χ0v) is 12.7. The molecular formula is C14H18ClN5O. The minimum Gasteiger partial charge on any atom is -0.379 e. The second kappa shape index (κ2) is 5.89. The quantitative estimate of drug-likeness (QED) is 0.882. The van der Waals surface area contributed by atoms with Gasteiger partial charge < -0.3 is 9.88 Å². The highest BCUT2D eigenvalue weighted by molar-refractivity contribution is 6.32. The summed E-state index contributed by atoms with van der Waals surface area (Å²) in [5.74, 6) is 1.56. The fourth-order valence-electron chi connectivity index (χ4n) is 2.24. The molecule has 1 N–H and O–H groups in total. The maximum absolute atomic E-state index is 12.3. The number of hydrogen-bond donors (Lipinski definition) is 1. The number of aromatic nitrogens is 4. The molecule has 112 valence electrons. The summed E-state index contributed by atoms with van der Waals surface area (Å²) in [6.07, 6.45) is 8.28. The molecule has 1 aliphatic rings. The summed E-state index contributed by atoms with van der Waals surface area (Å²) in [6.45, 7) is 1.29. The lowest BCUT2D eigenvalue weighted by molar-refractivity contribution is 0.534. The van der Waals surface area contributed by atoms with Crippen LogP contribution in [0, 0.1) is 5.92 Å². The number of imidazole rings is 1. The van der Waals surface area contributed by atoms with Gasteiger partial charge in [0.25, 0.3) is 5.56 Å². The Morgan fingerprint density at radius 1 is 1.48 bits per heavy atom. The van der Waals surface area contributed by atoms with Gasteiger partial charge in [0.1, 0.15) is 11.5 Å². The van der Waals surface area contributed by atoms with Gasteiger partial charge in [0.05, 0.1) is 11.2 Å². The Kier molecular flexibility index (Phi) is 3.96. The number of nitrogens with one attached hydrogen (secondary N) is 1. The second-order valence-corrected chi connectivity index (χ2v) is 5.84. The number of hydrogen-bond acceptors (Lipinski definition) is 4. The van der Waals surface area contributed by atoms with E-state index in [4.69, 9.17) is 11.6 Å². The van der Waals surface area contributed by atoms with Gasteiger partial charge in [-0.25, -0.2) is 9.67 Å². The molecule has 2 aromatic heterocycles. The molecule has 0 aromatic carbocycles. The van der Waals surface area contributed by atoms with Gasteiger partial charge in [-0.05, 0) is 18.8 Å². The first-order chi connectivity index (χ1) is 10.1. The Labute approximate surface area is 127 Å². The molecule has 2 aromatic rings. The third kappa shape index (κ3) is 3.26. The topological polar surface area (TPSA) is 64.7 Å². The van der Waals surface area contributed by atoms with E-state index in [-0.39, 0.29) is 5.56 Å². The molecule has 1 aliphatic carbocycles. The van der Waals surface area contributed by atoms with Gasteiger partial charge in [-0.15, -0.1) is 0 Å². The van der Waals surface area contributed by atoms with Crippen molar-refractivity contribution in [1.29, 1.82) is 0 Å². The summed E-state index contributed by atoms with van der Waals surface area (Å²) in [6, 6.07) is 0. The molecular weight excluding hydrogens is 290 g/mol. The third-order valence-corrected chi connectivity index (χ3v) is 3.98. The van der Waals surface area contributed by atoms with Gasteiger partial charge in [-0.1, -0.05) is 11.6 Å². The first-order valence-corrected chi connectivity index (χ1v) is 7.48. The van der Waals surface area contributed by atoms with Crippen molar-refractivity contribution in [1.82, 2.24) is 19.3 Å². The molecule has 1 saturated carbocycles. The SMILES string of the molecule is Cn1ccnc1CCNc1c(Cl)cnn(CC2CC2)c1=O. The van der Waals surface area contributed by atoms with E-state index >= 15 is 0 Å². The molecule has 3 rings (SSSR count). The van der Waals surface area contributed by atoms with Crippen molar-refractivity contribution < 1.29 is 0 Å². The number of rotatable bonds is 6. The first-order valence-electron chi connectivity index (χ1n) is 7.11. The van der Waals surface area contributed by atoms with Crippen LogP contribution in [0.5, 0.6) is 0 Å². The van der Waals surface area contributed by atoms with Crippen LogP contribution in [0.1, 0.15) is 18.7 Å². The molecule has 0 saturated heterocycles. The van der Waals surface area contributed by atoms with Crippen molar-refractivity contribution in [3.05, 3.63) is 39.8 Å². The van der Waals surface area contributed by atoms with Crippen molar-refractivity contribution in [2.75, 3.05) is 11.9 Å². The number of anilines is 1. The molecule has 7 heteroatoms. The highest BCUT2D eigenvalue weighted by atomic mass is 35.5. The van der Waals surface area contributed by atoms with E-state index in [9.17, 15) is 4.79 Å². The van der Waals surface area contributed by atoms with E-state index < -0.39 is 0 Å².